The lowest BCUT2D eigenvalue weighted by atomic mass is 10.1. The number of carbonyl (C=O) groups excluding carboxylic acids is 3. The van der Waals surface area contributed by atoms with Gasteiger partial charge in [-0.05, 0) is 25.1 Å². The Balaban J connectivity index is 1.54. The third-order valence-corrected chi connectivity index (χ3v) is 5.20. The van der Waals surface area contributed by atoms with Crippen LogP contribution in [-0.4, -0.2) is 40.7 Å². The predicted octanol–water partition coefficient (Wildman–Crippen LogP) is 0.992. The molecular formula is C22H21N5O5. The van der Waals surface area contributed by atoms with E-state index in [0.29, 0.717) is 28.8 Å². The van der Waals surface area contributed by atoms with Gasteiger partial charge in [-0.15, -0.1) is 0 Å². The van der Waals surface area contributed by atoms with E-state index in [1.54, 1.807) is 55.5 Å². The summed E-state index contributed by atoms with van der Waals surface area (Å²) in [6.07, 6.45) is -0.126. The zero-order valence-electron chi connectivity index (χ0n) is 17.5. The molecule has 1 atom stereocenters. The van der Waals surface area contributed by atoms with Crippen LogP contribution in [0.1, 0.15) is 23.8 Å². The van der Waals surface area contributed by atoms with Gasteiger partial charge in [0.15, 0.2) is 5.69 Å². The zero-order chi connectivity index (χ0) is 22.8. The normalized spacial score (nSPS) is 15.9. The number of hydrogen-bond donors (Lipinski definition) is 2. The predicted molar refractivity (Wildman–Crippen MR) is 116 cm³/mol. The maximum absolute atomic E-state index is 12.8. The first-order chi connectivity index (χ1) is 15.4. The number of nitrogens with zero attached hydrogens (tertiary/aromatic N) is 3. The van der Waals surface area contributed by atoms with Gasteiger partial charge in [-0.1, -0.05) is 24.3 Å². The van der Waals surface area contributed by atoms with Crippen LogP contribution in [0.15, 0.2) is 53.3 Å². The summed E-state index contributed by atoms with van der Waals surface area (Å²) in [4.78, 5) is 51.6. The molecule has 0 saturated carbocycles. The largest absolute Gasteiger partial charge is 0.497 e. The number of hydrogen-bond acceptors (Lipinski definition) is 7. The monoisotopic (exact) mass is 435 g/mol. The Morgan fingerprint density at radius 2 is 1.88 bits per heavy atom. The van der Waals surface area contributed by atoms with Gasteiger partial charge < -0.3 is 4.74 Å². The minimum Gasteiger partial charge on any atom is -0.497 e. The summed E-state index contributed by atoms with van der Waals surface area (Å²) in [5.41, 5.74) is 5.22. The highest BCUT2D eigenvalue weighted by Gasteiger charge is 2.40. The van der Waals surface area contributed by atoms with Gasteiger partial charge in [0.2, 0.25) is 5.91 Å². The Labute approximate surface area is 182 Å². The number of nitrogens with one attached hydrogen (secondary N) is 2. The number of aromatic nitrogens is 2. The molecule has 10 nitrogen and oxygen atoms in total. The highest BCUT2D eigenvalue weighted by Crippen LogP contribution is 2.26. The molecule has 2 aromatic carbocycles. The molecule has 164 valence electrons. The average molecular weight is 435 g/mol. The quantitative estimate of drug-likeness (QED) is 0.437. The number of carbonyl (C=O) groups is 3. The second-order valence-corrected chi connectivity index (χ2v) is 7.14. The molecule has 3 amide bonds. The lowest BCUT2D eigenvalue weighted by Crippen LogP contribution is -2.48. The van der Waals surface area contributed by atoms with Crippen molar-refractivity contribution in [2.24, 2.45) is 0 Å². The van der Waals surface area contributed by atoms with Crippen LogP contribution in [-0.2, 0) is 16.1 Å². The van der Waals surface area contributed by atoms with Crippen molar-refractivity contribution in [3.05, 3.63) is 64.6 Å². The maximum Gasteiger partial charge on any atom is 0.286 e. The van der Waals surface area contributed by atoms with E-state index in [2.05, 4.69) is 16.0 Å². The third kappa shape index (κ3) is 3.71. The summed E-state index contributed by atoms with van der Waals surface area (Å²) in [5.74, 6) is -1.02. The van der Waals surface area contributed by atoms with Crippen molar-refractivity contribution in [3.8, 4) is 5.75 Å². The molecule has 4 rings (SSSR count). The summed E-state index contributed by atoms with van der Waals surface area (Å²) in [6, 6.07) is 12.3. The molecule has 0 aliphatic carbocycles. The molecule has 3 aromatic rings. The molecule has 0 radical (unpaired) electrons. The van der Waals surface area contributed by atoms with Crippen LogP contribution in [0.2, 0.25) is 0 Å². The van der Waals surface area contributed by atoms with Crippen molar-refractivity contribution in [2.45, 2.75) is 25.9 Å². The zero-order valence-corrected chi connectivity index (χ0v) is 17.5. The average Bonchev–Trinajstić information content (AvgIpc) is 3.10. The van der Waals surface area contributed by atoms with Crippen LogP contribution in [0.3, 0.4) is 0 Å². The number of rotatable bonds is 6. The van der Waals surface area contributed by atoms with Crippen LogP contribution >= 0.6 is 0 Å². The van der Waals surface area contributed by atoms with E-state index in [1.807, 2.05) is 0 Å². The van der Waals surface area contributed by atoms with E-state index in [-0.39, 0.29) is 17.7 Å². The molecule has 10 heteroatoms. The fourth-order valence-electron chi connectivity index (χ4n) is 3.59. The van der Waals surface area contributed by atoms with Crippen LogP contribution in [0, 0.1) is 0 Å². The van der Waals surface area contributed by atoms with Crippen molar-refractivity contribution in [3.63, 3.8) is 0 Å². The fraction of sp³-hybridized carbons (Fsp3) is 0.227. The second-order valence-electron chi connectivity index (χ2n) is 7.14. The molecule has 0 spiro atoms. The van der Waals surface area contributed by atoms with Gasteiger partial charge in [0.1, 0.15) is 11.8 Å². The van der Waals surface area contributed by atoms with Gasteiger partial charge in [-0.25, -0.2) is 15.0 Å². The Morgan fingerprint density at radius 1 is 1.12 bits per heavy atom. The van der Waals surface area contributed by atoms with Gasteiger partial charge in [0, 0.05) is 18.0 Å². The van der Waals surface area contributed by atoms with Crippen molar-refractivity contribution >= 4 is 34.2 Å². The van der Waals surface area contributed by atoms with Gasteiger partial charge in [0.05, 0.1) is 24.6 Å². The maximum atomic E-state index is 12.8. The van der Waals surface area contributed by atoms with Gasteiger partial charge in [-0.2, -0.15) is 5.10 Å². The number of aryl methyl sites for hydroxylation is 1. The Hall–Kier alpha value is -4.05. The van der Waals surface area contributed by atoms with E-state index in [0.717, 1.165) is 4.90 Å². The van der Waals surface area contributed by atoms with Crippen LogP contribution in [0.5, 0.6) is 5.75 Å². The lowest BCUT2D eigenvalue weighted by Gasteiger charge is -2.17. The minimum atomic E-state index is -0.944. The number of benzene rings is 2. The Morgan fingerprint density at radius 3 is 2.59 bits per heavy atom. The van der Waals surface area contributed by atoms with Crippen LogP contribution < -0.4 is 26.0 Å². The van der Waals surface area contributed by atoms with Crippen molar-refractivity contribution in [1.29, 1.82) is 0 Å². The molecule has 1 saturated heterocycles. The van der Waals surface area contributed by atoms with Crippen molar-refractivity contribution in [1.82, 2.24) is 20.6 Å². The Kier molecular flexibility index (Phi) is 5.69. The molecule has 32 heavy (non-hydrogen) atoms. The van der Waals surface area contributed by atoms with Crippen LogP contribution in [0.25, 0.3) is 10.8 Å². The van der Waals surface area contributed by atoms with E-state index < -0.39 is 23.8 Å². The molecular weight excluding hydrogens is 414 g/mol. The Bertz CT molecular complexity index is 1290. The molecule has 0 bridgehead atoms. The first-order valence-electron chi connectivity index (χ1n) is 10.0. The van der Waals surface area contributed by atoms with E-state index in [9.17, 15) is 19.2 Å². The molecule has 2 heterocycles. The van der Waals surface area contributed by atoms with Gasteiger partial charge in [0.25, 0.3) is 17.4 Å². The highest BCUT2D eigenvalue weighted by atomic mass is 16.5. The number of fused-ring (bicyclic) bond motifs is 1. The first-order valence-corrected chi connectivity index (χ1v) is 10.0. The summed E-state index contributed by atoms with van der Waals surface area (Å²) < 4.78 is 6.35. The summed E-state index contributed by atoms with van der Waals surface area (Å²) >= 11 is 0. The lowest BCUT2D eigenvalue weighted by molar-refractivity contribution is -0.121. The number of hydrazine groups is 1. The smallest absolute Gasteiger partial charge is 0.286 e. The molecule has 1 unspecified atom stereocenters. The summed E-state index contributed by atoms with van der Waals surface area (Å²) in [7, 11) is 1.49. The SMILES string of the molecule is CCn1nc(C(=O)NNC2CC(=O)N(c3cccc(OC)c3)C2=O)c2ccccc2c1=O. The molecule has 1 aliphatic heterocycles. The molecule has 1 aliphatic rings. The van der Waals surface area contributed by atoms with E-state index >= 15 is 0 Å². The molecule has 1 aromatic heterocycles. The van der Waals surface area contributed by atoms with E-state index in [4.69, 9.17) is 4.74 Å². The van der Waals surface area contributed by atoms with Crippen molar-refractivity contribution in [2.75, 3.05) is 12.0 Å². The standard InChI is InChI=1S/C22H21N5O5/c1-3-26-21(30)16-10-5-4-9-15(16)19(25-26)20(29)24-23-17-12-18(28)27(22(17)31)13-7-6-8-14(11-13)32-2/h4-11,17,23H,3,12H2,1-2H3,(H,24,29). The molecule has 2 N–H and O–H groups in total. The fourth-order valence-corrected chi connectivity index (χ4v) is 3.59. The number of imide groups is 1. The summed E-state index contributed by atoms with van der Waals surface area (Å²) in [5, 5.41) is 4.92. The minimum absolute atomic E-state index is 0.0379. The second kappa shape index (κ2) is 8.60. The first kappa shape index (κ1) is 21.2. The number of anilines is 1. The highest BCUT2D eigenvalue weighted by molar-refractivity contribution is 6.22. The number of ether oxygens (including phenoxy) is 1. The molecule has 1 fully saturated rings. The van der Waals surface area contributed by atoms with Gasteiger partial charge in [-0.3, -0.25) is 24.6 Å². The number of amides is 3. The van der Waals surface area contributed by atoms with Crippen molar-refractivity contribution < 1.29 is 19.1 Å². The number of methoxy groups -OCH3 is 1. The van der Waals surface area contributed by atoms with Gasteiger partial charge >= 0.3 is 0 Å². The third-order valence-electron chi connectivity index (χ3n) is 5.20. The summed E-state index contributed by atoms with van der Waals surface area (Å²) in [6.45, 7) is 2.04. The topological polar surface area (TPSA) is 123 Å². The van der Waals surface area contributed by atoms with E-state index in [1.165, 1.54) is 11.8 Å². The van der Waals surface area contributed by atoms with Crippen LogP contribution in [0.4, 0.5) is 5.69 Å².